The number of hydrogen-bond acceptors (Lipinski definition) is 6. The van der Waals surface area contributed by atoms with Crippen molar-refractivity contribution in [3.8, 4) is 0 Å². The zero-order chi connectivity index (χ0) is 43.7. The third kappa shape index (κ3) is 44.4. The second kappa shape index (κ2) is 47.0. The SMILES string of the molecule is CC\C=C/C=C\C=C/C=C\C=C/CCCCCC(=O)OC(COC(=O)CC/C=C\C/C=C\C/C=C\C/C=C\C/C=C\CC)COC(=O)CCCCC/C=C\C=C/CCCC. The van der Waals surface area contributed by atoms with Crippen LogP contribution in [0.3, 0.4) is 0 Å². The van der Waals surface area contributed by atoms with E-state index in [0.717, 1.165) is 89.9 Å². The number of hydrogen-bond donors (Lipinski definition) is 0. The summed E-state index contributed by atoms with van der Waals surface area (Å²) in [5.41, 5.74) is 0. The predicted molar refractivity (Wildman–Crippen MR) is 255 cm³/mol. The first-order valence-corrected chi connectivity index (χ1v) is 22.9. The van der Waals surface area contributed by atoms with Crippen molar-refractivity contribution in [1.29, 1.82) is 0 Å². The second-order valence-corrected chi connectivity index (χ2v) is 14.3. The lowest BCUT2D eigenvalue weighted by Crippen LogP contribution is -2.30. The summed E-state index contributed by atoms with van der Waals surface area (Å²) < 4.78 is 16.6. The molecular weight excluding hydrogens is 745 g/mol. The van der Waals surface area contributed by atoms with Crippen LogP contribution in [0.2, 0.25) is 0 Å². The summed E-state index contributed by atoms with van der Waals surface area (Å²) in [6.07, 6.45) is 67.0. The van der Waals surface area contributed by atoms with Gasteiger partial charge in [0.1, 0.15) is 13.2 Å². The highest BCUT2D eigenvalue weighted by Crippen LogP contribution is 2.10. The second-order valence-electron chi connectivity index (χ2n) is 14.3. The van der Waals surface area contributed by atoms with Gasteiger partial charge in [-0.05, 0) is 89.9 Å². The smallest absolute Gasteiger partial charge is 0.306 e. The quantitative estimate of drug-likeness (QED) is 0.0203. The Morgan fingerprint density at radius 1 is 0.367 bits per heavy atom. The van der Waals surface area contributed by atoms with Crippen molar-refractivity contribution >= 4 is 17.9 Å². The number of esters is 3. The summed E-state index contributed by atoms with van der Waals surface area (Å²) in [5, 5.41) is 0. The van der Waals surface area contributed by atoms with E-state index in [1.807, 2.05) is 60.8 Å². The predicted octanol–water partition coefficient (Wildman–Crippen LogP) is 14.9. The summed E-state index contributed by atoms with van der Waals surface area (Å²) in [6.45, 7) is 6.15. The van der Waals surface area contributed by atoms with Crippen LogP contribution in [0.25, 0.3) is 0 Å². The fraction of sp³-hybridized carbons (Fsp3) is 0.500. The molecule has 0 aliphatic rings. The van der Waals surface area contributed by atoms with Gasteiger partial charge in [0.2, 0.25) is 0 Å². The normalized spacial score (nSPS) is 13.4. The summed E-state index contributed by atoms with van der Waals surface area (Å²) in [5.74, 6) is -1.11. The van der Waals surface area contributed by atoms with Crippen molar-refractivity contribution in [2.45, 2.75) is 162 Å². The standard InChI is InChI=1S/C54H80O6/c1-4-7-10-13-16-19-22-24-26-28-29-32-35-38-41-44-47-53(56)59-50-51(49-58-52(55)46-43-40-37-34-31-21-18-15-12-9-6-3)60-54(57)48-45-42-39-36-33-30-27-25-23-20-17-14-11-8-5-2/h7-8,10-11,14-21,23-27,29-33,38,41,51H,4-6,9,12-13,22,28,34-37,39-40,42-50H2,1-3H3/b10-7-,11-8-,17-14-,18-15-,19-16-,23-20-,26-24-,27-25-,31-21-,32-29-,33-30-,41-38-. The van der Waals surface area contributed by atoms with Gasteiger partial charge in [0.15, 0.2) is 6.10 Å². The molecule has 0 bridgehead atoms. The van der Waals surface area contributed by atoms with Crippen LogP contribution in [0.5, 0.6) is 0 Å². The Morgan fingerprint density at radius 2 is 0.767 bits per heavy atom. The molecule has 0 saturated heterocycles. The van der Waals surface area contributed by atoms with Gasteiger partial charge in [-0.1, -0.05) is 192 Å². The summed E-state index contributed by atoms with van der Waals surface area (Å²) >= 11 is 0. The first kappa shape index (κ1) is 55.3. The van der Waals surface area contributed by atoms with Gasteiger partial charge in [-0.3, -0.25) is 14.4 Å². The van der Waals surface area contributed by atoms with Gasteiger partial charge in [-0.25, -0.2) is 0 Å². The van der Waals surface area contributed by atoms with Crippen molar-refractivity contribution in [3.63, 3.8) is 0 Å². The monoisotopic (exact) mass is 825 g/mol. The van der Waals surface area contributed by atoms with E-state index < -0.39 is 6.10 Å². The van der Waals surface area contributed by atoms with Crippen molar-refractivity contribution in [1.82, 2.24) is 0 Å². The van der Waals surface area contributed by atoms with Gasteiger partial charge < -0.3 is 14.2 Å². The zero-order valence-corrected chi connectivity index (χ0v) is 37.6. The third-order valence-electron chi connectivity index (χ3n) is 8.73. The van der Waals surface area contributed by atoms with Crippen LogP contribution in [-0.2, 0) is 28.6 Å². The van der Waals surface area contributed by atoms with Crippen LogP contribution >= 0.6 is 0 Å². The molecule has 0 rings (SSSR count). The van der Waals surface area contributed by atoms with E-state index in [2.05, 4.69) is 106 Å². The molecule has 0 fully saturated rings. The molecule has 0 radical (unpaired) electrons. The van der Waals surface area contributed by atoms with Crippen molar-refractivity contribution in [3.05, 3.63) is 146 Å². The Labute approximate surface area is 366 Å². The molecule has 0 amide bonds. The molecule has 60 heavy (non-hydrogen) atoms. The highest BCUT2D eigenvalue weighted by atomic mass is 16.6. The topological polar surface area (TPSA) is 78.9 Å². The highest BCUT2D eigenvalue weighted by molar-refractivity contribution is 5.71. The van der Waals surface area contributed by atoms with Gasteiger partial charge in [-0.15, -0.1) is 0 Å². The molecule has 6 heteroatoms. The number of unbranched alkanes of at least 4 members (excludes halogenated alkanes) is 8. The maximum absolute atomic E-state index is 12.7. The third-order valence-corrected chi connectivity index (χ3v) is 8.73. The molecular formula is C54H80O6. The van der Waals surface area contributed by atoms with Gasteiger partial charge in [0.05, 0.1) is 0 Å². The van der Waals surface area contributed by atoms with Crippen LogP contribution in [0.1, 0.15) is 156 Å². The summed E-state index contributed by atoms with van der Waals surface area (Å²) in [7, 11) is 0. The molecule has 0 spiro atoms. The molecule has 6 nitrogen and oxygen atoms in total. The minimum absolute atomic E-state index is 0.139. The van der Waals surface area contributed by atoms with Gasteiger partial charge in [-0.2, -0.15) is 0 Å². The van der Waals surface area contributed by atoms with Crippen LogP contribution in [0.4, 0.5) is 0 Å². The van der Waals surface area contributed by atoms with Crippen LogP contribution in [0, 0.1) is 0 Å². The van der Waals surface area contributed by atoms with E-state index >= 15 is 0 Å². The number of carbonyl (C=O) groups excluding carboxylic acids is 3. The first-order chi connectivity index (χ1) is 29.5. The minimum atomic E-state index is -0.846. The highest BCUT2D eigenvalue weighted by Gasteiger charge is 2.19. The fourth-order valence-corrected chi connectivity index (χ4v) is 5.31. The van der Waals surface area contributed by atoms with Crippen LogP contribution in [-0.4, -0.2) is 37.2 Å². The molecule has 0 heterocycles. The van der Waals surface area contributed by atoms with E-state index in [4.69, 9.17) is 14.2 Å². The number of ether oxygens (including phenoxy) is 3. The molecule has 0 aliphatic carbocycles. The van der Waals surface area contributed by atoms with Crippen LogP contribution < -0.4 is 0 Å². The van der Waals surface area contributed by atoms with E-state index in [-0.39, 0.29) is 44.0 Å². The Bertz CT molecular complexity index is 1410. The molecule has 0 saturated carbocycles. The number of allylic oxidation sites excluding steroid dienone is 24. The molecule has 0 N–H and O–H groups in total. The van der Waals surface area contributed by atoms with Crippen LogP contribution in [0.15, 0.2) is 146 Å². The van der Waals surface area contributed by atoms with Crippen molar-refractivity contribution < 1.29 is 28.6 Å². The van der Waals surface area contributed by atoms with E-state index in [0.29, 0.717) is 19.3 Å². The molecule has 1 unspecified atom stereocenters. The molecule has 0 aromatic rings. The molecule has 0 aliphatic heterocycles. The maximum Gasteiger partial charge on any atom is 0.306 e. The van der Waals surface area contributed by atoms with Gasteiger partial charge >= 0.3 is 17.9 Å². The summed E-state index contributed by atoms with van der Waals surface area (Å²) in [4.78, 5) is 37.7. The lowest BCUT2D eigenvalue weighted by atomic mass is 10.1. The number of carbonyl (C=O) groups is 3. The lowest BCUT2D eigenvalue weighted by Gasteiger charge is -2.18. The minimum Gasteiger partial charge on any atom is -0.462 e. The zero-order valence-electron chi connectivity index (χ0n) is 37.6. The molecule has 0 aromatic heterocycles. The summed E-state index contributed by atoms with van der Waals surface area (Å²) in [6, 6.07) is 0. The Kier molecular flexibility index (Phi) is 43.3. The van der Waals surface area contributed by atoms with Crippen molar-refractivity contribution in [2.75, 3.05) is 13.2 Å². The maximum atomic E-state index is 12.7. The van der Waals surface area contributed by atoms with E-state index in [1.165, 1.54) is 12.8 Å². The van der Waals surface area contributed by atoms with Gasteiger partial charge in [0.25, 0.3) is 0 Å². The fourth-order valence-electron chi connectivity index (χ4n) is 5.31. The number of rotatable bonds is 38. The molecule has 0 aromatic carbocycles. The average Bonchev–Trinajstić information content (AvgIpc) is 3.24. The lowest BCUT2D eigenvalue weighted by molar-refractivity contribution is -0.166. The van der Waals surface area contributed by atoms with Gasteiger partial charge in [0, 0.05) is 19.3 Å². The van der Waals surface area contributed by atoms with Crippen molar-refractivity contribution in [2.24, 2.45) is 0 Å². The largest absolute Gasteiger partial charge is 0.462 e. The Balaban J connectivity index is 4.66. The Hall–Kier alpha value is -4.71. The van der Waals surface area contributed by atoms with E-state index in [1.54, 1.807) is 0 Å². The Morgan fingerprint density at radius 3 is 1.27 bits per heavy atom. The first-order valence-electron chi connectivity index (χ1n) is 22.9. The average molecular weight is 825 g/mol. The van der Waals surface area contributed by atoms with E-state index in [9.17, 15) is 14.4 Å². The molecule has 332 valence electrons. The molecule has 1 atom stereocenters.